The minimum absolute atomic E-state index is 0.169. The van der Waals surface area contributed by atoms with E-state index in [1.165, 1.54) is 6.33 Å². The number of carbonyl (C=O) groups excluding carboxylic acids is 2. The van der Waals surface area contributed by atoms with E-state index in [2.05, 4.69) is 36.6 Å². The Morgan fingerprint density at radius 2 is 2.17 bits per heavy atom. The van der Waals surface area contributed by atoms with Gasteiger partial charge in [-0.2, -0.15) is 10.1 Å². The molecule has 0 bridgehead atoms. The second-order valence-corrected chi connectivity index (χ2v) is 7.62. The monoisotopic (exact) mass is 475 g/mol. The maximum absolute atomic E-state index is 12.3. The fourth-order valence-electron chi connectivity index (χ4n) is 3.05. The fourth-order valence-corrected chi connectivity index (χ4v) is 3.61. The third-order valence-corrected chi connectivity index (χ3v) is 5.16. The van der Waals surface area contributed by atoms with E-state index in [-0.39, 0.29) is 24.8 Å². The lowest BCUT2D eigenvalue weighted by Gasteiger charge is -2.25. The molecular formula is C19H15BrClN5O3. The first-order chi connectivity index (χ1) is 14.0. The summed E-state index contributed by atoms with van der Waals surface area (Å²) in [6.45, 7) is -0.219. The molecule has 0 saturated carbocycles. The summed E-state index contributed by atoms with van der Waals surface area (Å²) < 4.78 is 8.21. The third-order valence-electron chi connectivity index (χ3n) is 4.34. The Morgan fingerprint density at radius 1 is 1.34 bits per heavy atom. The van der Waals surface area contributed by atoms with Gasteiger partial charge in [0.05, 0.1) is 23.2 Å². The Kier molecular flexibility index (Phi) is 5.50. The lowest BCUT2D eigenvalue weighted by molar-refractivity contribution is -0.118. The number of hydrogen-bond donors (Lipinski definition) is 2. The van der Waals surface area contributed by atoms with Crippen molar-refractivity contribution in [2.75, 3.05) is 17.2 Å². The van der Waals surface area contributed by atoms with E-state index in [1.807, 2.05) is 6.07 Å². The van der Waals surface area contributed by atoms with E-state index in [0.29, 0.717) is 28.0 Å². The topological polar surface area (TPSA) is 98.1 Å². The zero-order valence-corrected chi connectivity index (χ0v) is 17.3. The molecule has 10 heteroatoms. The number of rotatable bonds is 5. The lowest BCUT2D eigenvalue weighted by atomic mass is 10.0. The zero-order chi connectivity index (χ0) is 20.4. The quantitative estimate of drug-likeness (QED) is 0.586. The highest BCUT2D eigenvalue weighted by Gasteiger charge is 2.30. The van der Waals surface area contributed by atoms with Crippen molar-refractivity contribution in [3.8, 4) is 5.75 Å². The van der Waals surface area contributed by atoms with Gasteiger partial charge in [0.15, 0.2) is 6.61 Å². The number of ether oxygens (including phenoxy) is 1. The van der Waals surface area contributed by atoms with Crippen molar-refractivity contribution in [1.82, 2.24) is 14.8 Å². The number of carbonyl (C=O) groups is 2. The van der Waals surface area contributed by atoms with Crippen LogP contribution < -0.4 is 15.4 Å². The summed E-state index contributed by atoms with van der Waals surface area (Å²) in [5.41, 5.74) is 1.22. The van der Waals surface area contributed by atoms with E-state index in [4.69, 9.17) is 16.3 Å². The van der Waals surface area contributed by atoms with E-state index in [0.717, 1.165) is 4.47 Å². The highest BCUT2D eigenvalue weighted by molar-refractivity contribution is 9.10. The molecule has 1 aliphatic rings. The molecule has 148 valence electrons. The Balaban J connectivity index is 1.55. The van der Waals surface area contributed by atoms with Crippen LogP contribution in [0, 0.1) is 0 Å². The number of benzene rings is 2. The van der Waals surface area contributed by atoms with Gasteiger partial charge in [0.2, 0.25) is 11.9 Å². The van der Waals surface area contributed by atoms with Gasteiger partial charge in [-0.15, -0.1) is 0 Å². The molecule has 1 aromatic heterocycles. The first-order valence-corrected chi connectivity index (χ1v) is 9.84. The van der Waals surface area contributed by atoms with Crippen LogP contribution in [-0.2, 0) is 9.59 Å². The molecule has 29 heavy (non-hydrogen) atoms. The second-order valence-electron chi connectivity index (χ2n) is 6.30. The Morgan fingerprint density at radius 3 is 3.00 bits per heavy atom. The van der Waals surface area contributed by atoms with Gasteiger partial charge in [-0.1, -0.05) is 39.7 Å². The van der Waals surface area contributed by atoms with E-state index in [1.54, 1.807) is 41.1 Å². The van der Waals surface area contributed by atoms with Crippen molar-refractivity contribution < 1.29 is 14.3 Å². The van der Waals surface area contributed by atoms with Crippen LogP contribution in [0.2, 0.25) is 5.02 Å². The largest absolute Gasteiger partial charge is 0.483 e. The molecule has 2 N–H and O–H groups in total. The van der Waals surface area contributed by atoms with E-state index >= 15 is 0 Å². The molecule has 8 nitrogen and oxygen atoms in total. The highest BCUT2D eigenvalue weighted by atomic mass is 79.9. The standard InChI is InChI=1S/C19H15BrClN5O3/c20-11-5-6-16(29-9-18(28)24-14-4-2-1-3-13(14)21)12(7-11)15-8-17(27)25-19-22-10-23-26(15)19/h1-7,10,15H,8-9H2,(H,24,28)(H,22,23,25,27)/t15-/m1/s1. The van der Waals surface area contributed by atoms with Gasteiger partial charge in [-0.25, -0.2) is 4.68 Å². The fraction of sp³-hybridized carbons (Fsp3) is 0.158. The van der Waals surface area contributed by atoms with Gasteiger partial charge in [0.25, 0.3) is 5.91 Å². The predicted molar refractivity (Wildman–Crippen MR) is 111 cm³/mol. The number of nitrogens with zero attached hydrogens (tertiary/aromatic N) is 3. The number of hydrogen-bond acceptors (Lipinski definition) is 5. The Bertz CT molecular complexity index is 1090. The minimum atomic E-state index is -0.402. The summed E-state index contributed by atoms with van der Waals surface area (Å²) in [7, 11) is 0. The average Bonchev–Trinajstić information content (AvgIpc) is 3.16. The number of halogens is 2. The van der Waals surface area contributed by atoms with Gasteiger partial charge in [-0.05, 0) is 30.3 Å². The number of anilines is 2. The molecule has 0 aliphatic carbocycles. The van der Waals surface area contributed by atoms with Crippen molar-refractivity contribution in [2.24, 2.45) is 0 Å². The molecule has 4 rings (SSSR count). The van der Waals surface area contributed by atoms with Crippen molar-refractivity contribution in [3.63, 3.8) is 0 Å². The molecule has 1 atom stereocenters. The Labute approximate surface area is 179 Å². The first-order valence-electron chi connectivity index (χ1n) is 8.67. The number of aromatic nitrogens is 3. The van der Waals surface area contributed by atoms with Gasteiger partial charge in [-0.3, -0.25) is 14.9 Å². The van der Waals surface area contributed by atoms with Crippen LogP contribution in [0.5, 0.6) is 5.75 Å². The van der Waals surface area contributed by atoms with Crippen molar-refractivity contribution in [3.05, 3.63) is 63.9 Å². The number of para-hydroxylation sites is 1. The summed E-state index contributed by atoms with van der Waals surface area (Å²) in [6.07, 6.45) is 1.55. The number of nitrogens with one attached hydrogen (secondary N) is 2. The molecule has 2 aromatic carbocycles. The highest BCUT2D eigenvalue weighted by Crippen LogP contribution is 2.36. The van der Waals surface area contributed by atoms with Crippen LogP contribution in [0.25, 0.3) is 0 Å². The molecule has 0 radical (unpaired) electrons. The normalized spacial score (nSPS) is 15.4. The van der Waals surface area contributed by atoms with Crippen LogP contribution in [0.15, 0.2) is 53.3 Å². The SMILES string of the molecule is O=C(COc1ccc(Br)cc1[C@H]1CC(=O)Nc2ncnn21)Nc1ccccc1Cl. The maximum atomic E-state index is 12.3. The summed E-state index contributed by atoms with van der Waals surface area (Å²) in [5.74, 6) is 0.324. The van der Waals surface area contributed by atoms with Crippen molar-refractivity contribution >= 4 is 51.0 Å². The van der Waals surface area contributed by atoms with Crippen molar-refractivity contribution in [2.45, 2.75) is 12.5 Å². The maximum Gasteiger partial charge on any atom is 0.262 e. The van der Waals surface area contributed by atoms with Crippen molar-refractivity contribution in [1.29, 1.82) is 0 Å². The summed E-state index contributed by atoms with van der Waals surface area (Å²) >= 11 is 9.51. The predicted octanol–water partition coefficient (Wildman–Crippen LogP) is 3.64. The minimum Gasteiger partial charge on any atom is -0.483 e. The van der Waals surface area contributed by atoms with E-state index in [9.17, 15) is 9.59 Å². The second kappa shape index (κ2) is 8.22. The van der Waals surface area contributed by atoms with Gasteiger partial charge in [0, 0.05) is 10.0 Å². The van der Waals surface area contributed by atoms with Gasteiger partial charge < -0.3 is 10.1 Å². The number of fused-ring (bicyclic) bond motifs is 1. The molecule has 0 saturated heterocycles. The number of amides is 2. The third kappa shape index (κ3) is 4.25. The zero-order valence-electron chi connectivity index (χ0n) is 14.9. The average molecular weight is 477 g/mol. The molecule has 2 heterocycles. The molecule has 3 aromatic rings. The summed E-state index contributed by atoms with van der Waals surface area (Å²) in [4.78, 5) is 28.4. The first kappa shape index (κ1) is 19.4. The molecule has 0 spiro atoms. The summed E-state index contributed by atoms with van der Waals surface area (Å²) in [6, 6.07) is 11.9. The van der Waals surface area contributed by atoms with Gasteiger partial charge in [0.1, 0.15) is 12.1 Å². The van der Waals surface area contributed by atoms with Crippen LogP contribution >= 0.6 is 27.5 Å². The van der Waals surface area contributed by atoms with Crippen LogP contribution in [0.3, 0.4) is 0 Å². The van der Waals surface area contributed by atoms with Crippen LogP contribution in [-0.4, -0.2) is 33.2 Å². The van der Waals surface area contributed by atoms with E-state index < -0.39 is 6.04 Å². The molecule has 2 amide bonds. The molecular weight excluding hydrogens is 462 g/mol. The summed E-state index contributed by atoms with van der Waals surface area (Å²) in [5, 5.41) is 10.0. The van der Waals surface area contributed by atoms with Crippen LogP contribution in [0.1, 0.15) is 18.0 Å². The Hall–Kier alpha value is -2.91. The smallest absolute Gasteiger partial charge is 0.262 e. The molecule has 1 aliphatic heterocycles. The molecule has 0 fully saturated rings. The van der Waals surface area contributed by atoms with Crippen LogP contribution in [0.4, 0.5) is 11.6 Å². The lowest BCUT2D eigenvalue weighted by Crippen LogP contribution is -2.30. The molecule has 0 unspecified atom stereocenters. The van der Waals surface area contributed by atoms with Gasteiger partial charge >= 0.3 is 0 Å².